The van der Waals surface area contributed by atoms with Gasteiger partial charge in [-0.25, -0.2) is 4.98 Å². The van der Waals surface area contributed by atoms with E-state index < -0.39 is 0 Å². The van der Waals surface area contributed by atoms with Crippen LogP contribution >= 0.6 is 0 Å². The van der Waals surface area contributed by atoms with Crippen LogP contribution in [-0.2, 0) is 0 Å². The van der Waals surface area contributed by atoms with E-state index in [1.54, 1.807) is 6.20 Å². The van der Waals surface area contributed by atoms with Gasteiger partial charge < -0.3 is 15.2 Å². The Labute approximate surface area is 88.6 Å². The summed E-state index contributed by atoms with van der Waals surface area (Å²) in [5, 5.41) is 0. The lowest BCUT2D eigenvalue weighted by molar-refractivity contribution is 0.351. The third-order valence-electron chi connectivity index (χ3n) is 1.60. The van der Waals surface area contributed by atoms with Crippen LogP contribution in [-0.4, -0.2) is 30.7 Å². The molecule has 0 aliphatic heterocycles. The smallest absolute Gasteiger partial charge is 0.319 e. The summed E-state index contributed by atoms with van der Waals surface area (Å²) in [5.74, 6) is 6.18. The van der Waals surface area contributed by atoms with E-state index in [0.717, 1.165) is 0 Å². The number of ether oxygens (including phenoxy) is 2. The molecular formula is C10H13N3O2. The van der Waals surface area contributed by atoms with Gasteiger partial charge in [-0.1, -0.05) is 11.8 Å². The van der Waals surface area contributed by atoms with Crippen LogP contribution in [0.3, 0.4) is 0 Å². The van der Waals surface area contributed by atoms with Crippen molar-refractivity contribution >= 4 is 0 Å². The monoisotopic (exact) mass is 207 g/mol. The van der Waals surface area contributed by atoms with Gasteiger partial charge in [0.1, 0.15) is 5.56 Å². The molecule has 0 aliphatic rings. The zero-order valence-corrected chi connectivity index (χ0v) is 8.78. The molecule has 0 unspecified atom stereocenters. The lowest BCUT2D eigenvalue weighted by Crippen LogP contribution is -1.98. The van der Waals surface area contributed by atoms with Gasteiger partial charge in [0.15, 0.2) is 0 Å². The van der Waals surface area contributed by atoms with Crippen LogP contribution in [0.1, 0.15) is 12.0 Å². The number of hydrogen-bond acceptors (Lipinski definition) is 5. The molecule has 0 saturated heterocycles. The summed E-state index contributed by atoms with van der Waals surface area (Å²) in [6, 6.07) is 0.260. The summed E-state index contributed by atoms with van der Waals surface area (Å²) in [6.07, 6.45) is 2.20. The number of aromatic nitrogens is 2. The van der Waals surface area contributed by atoms with Crippen LogP contribution in [0.25, 0.3) is 0 Å². The maximum atomic E-state index is 5.32. The van der Waals surface area contributed by atoms with E-state index >= 15 is 0 Å². The highest BCUT2D eigenvalue weighted by Gasteiger charge is 2.04. The van der Waals surface area contributed by atoms with Crippen LogP contribution < -0.4 is 15.2 Å². The average molecular weight is 207 g/mol. The van der Waals surface area contributed by atoms with Crippen LogP contribution in [0.4, 0.5) is 0 Å². The fourth-order valence-corrected chi connectivity index (χ4v) is 0.921. The van der Waals surface area contributed by atoms with Crippen molar-refractivity contribution in [3.8, 4) is 23.7 Å². The lowest BCUT2D eigenvalue weighted by atomic mass is 10.3. The molecule has 0 amide bonds. The predicted molar refractivity (Wildman–Crippen MR) is 55.7 cm³/mol. The molecule has 5 nitrogen and oxygen atoms in total. The molecule has 1 heterocycles. The van der Waals surface area contributed by atoms with Gasteiger partial charge in [-0.15, -0.1) is 0 Å². The van der Waals surface area contributed by atoms with Gasteiger partial charge in [0.05, 0.1) is 20.4 Å². The highest BCUT2D eigenvalue weighted by atomic mass is 16.5. The molecule has 0 atom stereocenters. The minimum atomic E-state index is 0.260. The second-order valence-electron chi connectivity index (χ2n) is 2.62. The van der Waals surface area contributed by atoms with E-state index in [1.807, 2.05) is 0 Å². The average Bonchev–Trinajstić information content (AvgIpc) is 2.29. The second-order valence-corrected chi connectivity index (χ2v) is 2.62. The Bertz CT molecular complexity index is 382. The van der Waals surface area contributed by atoms with E-state index in [1.165, 1.54) is 14.2 Å². The molecule has 15 heavy (non-hydrogen) atoms. The maximum Gasteiger partial charge on any atom is 0.319 e. The highest BCUT2D eigenvalue weighted by molar-refractivity contribution is 5.40. The van der Waals surface area contributed by atoms with Crippen molar-refractivity contribution in [2.24, 2.45) is 5.73 Å². The first-order valence-electron chi connectivity index (χ1n) is 4.45. The van der Waals surface area contributed by atoms with Crippen LogP contribution in [0.5, 0.6) is 11.9 Å². The Morgan fingerprint density at radius 2 is 2.20 bits per heavy atom. The maximum absolute atomic E-state index is 5.32. The van der Waals surface area contributed by atoms with Crippen molar-refractivity contribution in [3.63, 3.8) is 0 Å². The summed E-state index contributed by atoms with van der Waals surface area (Å²) in [7, 11) is 3.02. The molecule has 5 heteroatoms. The van der Waals surface area contributed by atoms with Gasteiger partial charge in [-0.3, -0.25) is 0 Å². The third-order valence-corrected chi connectivity index (χ3v) is 1.60. The van der Waals surface area contributed by atoms with Gasteiger partial charge in [0.25, 0.3) is 0 Å². The Kier molecular flexibility index (Phi) is 4.38. The summed E-state index contributed by atoms with van der Waals surface area (Å²) >= 11 is 0. The van der Waals surface area contributed by atoms with Crippen molar-refractivity contribution in [1.82, 2.24) is 9.97 Å². The van der Waals surface area contributed by atoms with Crippen molar-refractivity contribution in [3.05, 3.63) is 11.8 Å². The van der Waals surface area contributed by atoms with E-state index in [0.29, 0.717) is 24.4 Å². The van der Waals surface area contributed by atoms with Crippen molar-refractivity contribution in [2.45, 2.75) is 6.42 Å². The SMILES string of the molecule is COc1ncc(C#CCCN)c(OC)n1. The molecule has 2 N–H and O–H groups in total. The molecule has 0 bridgehead atoms. The second kappa shape index (κ2) is 5.83. The van der Waals surface area contributed by atoms with Crippen LogP contribution in [0.15, 0.2) is 6.20 Å². The van der Waals surface area contributed by atoms with E-state index in [4.69, 9.17) is 15.2 Å². The standard InChI is InChI=1S/C10H13N3O2/c1-14-9-8(5-3-4-6-11)7-12-10(13-9)15-2/h7H,4,6,11H2,1-2H3. The molecule has 0 spiro atoms. The first-order chi connectivity index (χ1) is 7.31. The van der Waals surface area contributed by atoms with Gasteiger partial charge in [0.2, 0.25) is 5.88 Å². The summed E-state index contributed by atoms with van der Waals surface area (Å²) in [6.45, 7) is 0.534. The third kappa shape index (κ3) is 3.11. The molecule has 0 radical (unpaired) electrons. The Balaban J connectivity index is 2.93. The van der Waals surface area contributed by atoms with Gasteiger partial charge >= 0.3 is 6.01 Å². The van der Waals surface area contributed by atoms with Crippen LogP contribution in [0, 0.1) is 11.8 Å². The first-order valence-corrected chi connectivity index (χ1v) is 4.45. The molecule has 0 aromatic carbocycles. The van der Waals surface area contributed by atoms with Crippen LogP contribution in [0.2, 0.25) is 0 Å². The van der Waals surface area contributed by atoms with E-state index in [-0.39, 0.29) is 6.01 Å². The van der Waals surface area contributed by atoms with Crippen molar-refractivity contribution < 1.29 is 9.47 Å². The summed E-state index contributed by atoms with van der Waals surface area (Å²) in [4.78, 5) is 7.94. The number of methoxy groups -OCH3 is 2. The molecule has 1 aromatic rings. The molecule has 1 rings (SSSR count). The summed E-state index contributed by atoms with van der Waals surface area (Å²) in [5.41, 5.74) is 5.96. The van der Waals surface area contributed by atoms with Gasteiger partial charge in [0, 0.05) is 13.0 Å². The van der Waals surface area contributed by atoms with Crippen molar-refractivity contribution in [1.29, 1.82) is 0 Å². The fourth-order valence-electron chi connectivity index (χ4n) is 0.921. The summed E-state index contributed by atoms with van der Waals surface area (Å²) < 4.78 is 9.92. The number of nitrogens with two attached hydrogens (primary N) is 1. The number of rotatable bonds is 3. The molecule has 80 valence electrons. The molecular weight excluding hydrogens is 194 g/mol. The van der Waals surface area contributed by atoms with E-state index in [2.05, 4.69) is 21.8 Å². The van der Waals surface area contributed by atoms with E-state index in [9.17, 15) is 0 Å². The Morgan fingerprint density at radius 3 is 2.80 bits per heavy atom. The molecule has 0 saturated carbocycles. The van der Waals surface area contributed by atoms with Crippen molar-refractivity contribution in [2.75, 3.05) is 20.8 Å². The Hall–Kier alpha value is -1.80. The molecule has 0 aliphatic carbocycles. The minimum absolute atomic E-state index is 0.260. The molecule has 1 aromatic heterocycles. The quantitative estimate of drug-likeness (QED) is 0.717. The zero-order valence-electron chi connectivity index (χ0n) is 8.78. The largest absolute Gasteiger partial charge is 0.480 e. The minimum Gasteiger partial charge on any atom is -0.480 e. The predicted octanol–water partition coefficient (Wildman–Crippen LogP) is 0.194. The molecule has 0 fully saturated rings. The number of hydrogen-bond donors (Lipinski definition) is 1. The highest BCUT2D eigenvalue weighted by Crippen LogP contribution is 2.15. The topological polar surface area (TPSA) is 70.3 Å². The first kappa shape index (κ1) is 11.3. The Morgan fingerprint density at radius 1 is 1.40 bits per heavy atom. The lowest BCUT2D eigenvalue weighted by Gasteiger charge is -2.02. The normalized spacial score (nSPS) is 9.00. The van der Waals surface area contributed by atoms with Gasteiger partial charge in [-0.05, 0) is 0 Å². The number of nitrogens with zero attached hydrogens (tertiary/aromatic N) is 2. The fraction of sp³-hybridized carbons (Fsp3) is 0.400. The zero-order chi connectivity index (χ0) is 11.1. The van der Waals surface area contributed by atoms with Gasteiger partial charge in [-0.2, -0.15) is 4.98 Å².